The predicted octanol–water partition coefficient (Wildman–Crippen LogP) is 1.73. The van der Waals surface area contributed by atoms with Crippen LogP contribution in [-0.4, -0.2) is 65.7 Å². The first kappa shape index (κ1) is 24.5. The Morgan fingerprint density at radius 2 is 1.86 bits per heavy atom. The SMILES string of the molecule is COC(=O)C(=C(C)C)N1C(=O)[C@H](C(COC=O)OCC(Cl)(Cl)Cl)[C@H]1OC(C)=O. The van der Waals surface area contributed by atoms with Crippen molar-refractivity contribution in [1.82, 2.24) is 4.90 Å². The van der Waals surface area contributed by atoms with Crippen LogP contribution in [0.15, 0.2) is 11.3 Å². The number of likely N-dealkylation sites (tertiary alicyclic amines) is 1. The summed E-state index contributed by atoms with van der Waals surface area (Å²) in [5, 5.41) is 0. The molecule has 1 unspecified atom stereocenters. The van der Waals surface area contributed by atoms with Crippen molar-refractivity contribution in [3.8, 4) is 0 Å². The number of alkyl halides is 3. The molecule has 1 rings (SSSR count). The van der Waals surface area contributed by atoms with Crippen LogP contribution in [0.1, 0.15) is 20.8 Å². The van der Waals surface area contributed by atoms with E-state index >= 15 is 0 Å². The second-order valence-corrected chi connectivity index (χ2v) is 8.48. The Morgan fingerprint density at radius 3 is 2.29 bits per heavy atom. The molecule has 0 aromatic heterocycles. The quantitative estimate of drug-likeness (QED) is 0.128. The number of allylic oxidation sites excluding steroid dienone is 1. The second kappa shape index (κ2) is 10.3. The van der Waals surface area contributed by atoms with Crippen molar-refractivity contribution in [2.45, 2.75) is 36.9 Å². The van der Waals surface area contributed by atoms with Crippen molar-refractivity contribution in [3.05, 3.63) is 11.3 Å². The van der Waals surface area contributed by atoms with Gasteiger partial charge in [-0.3, -0.25) is 19.3 Å². The molecule has 1 heterocycles. The van der Waals surface area contributed by atoms with E-state index in [9.17, 15) is 19.2 Å². The molecule has 1 aliphatic heterocycles. The van der Waals surface area contributed by atoms with Crippen LogP contribution in [0, 0.1) is 5.92 Å². The average molecular weight is 461 g/mol. The van der Waals surface area contributed by atoms with Gasteiger partial charge < -0.3 is 18.9 Å². The molecule has 28 heavy (non-hydrogen) atoms. The number of esters is 2. The van der Waals surface area contributed by atoms with Crippen molar-refractivity contribution in [1.29, 1.82) is 0 Å². The Labute approximate surface area is 176 Å². The van der Waals surface area contributed by atoms with Crippen LogP contribution in [-0.2, 0) is 38.1 Å². The lowest BCUT2D eigenvalue weighted by Crippen LogP contribution is -2.67. The number of rotatable bonds is 9. The van der Waals surface area contributed by atoms with Crippen molar-refractivity contribution in [3.63, 3.8) is 0 Å². The lowest BCUT2D eigenvalue weighted by molar-refractivity contribution is -0.210. The van der Waals surface area contributed by atoms with E-state index < -0.39 is 46.5 Å². The fourth-order valence-electron chi connectivity index (χ4n) is 2.59. The minimum absolute atomic E-state index is 0.0774. The standard InChI is InChI=1S/C16H20Cl3NO8/c1-8(2)12(15(24)25-4)20-13(23)11(14(20)28-9(3)22)10(5-26-7-21)27-6-16(17,18)19/h7,10-11,14H,5-6H2,1-4H3/t10?,11-,14+/m0/s1. The first-order chi connectivity index (χ1) is 12.9. The molecule has 0 aliphatic carbocycles. The van der Waals surface area contributed by atoms with Gasteiger partial charge in [-0.1, -0.05) is 34.8 Å². The van der Waals surface area contributed by atoms with Crippen molar-refractivity contribution >= 4 is 59.1 Å². The third-order valence-electron chi connectivity index (χ3n) is 3.65. The number of hydrogen-bond acceptors (Lipinski definition) is 8. The molecular formula is C16H20Cl3NO8. The molecule has 1 aliphatic rings. The first-order valence-corrected chi connectivity index (χ1v) is 9.07. The van der Waals surface area contributed by atoms with E-state index in [1.807, 2.05) is 0 Å². The third-order valence-corrected chi connectivity index (χ3v) is 3.98. The molecule has 0 N–H and O–H groups in total. The summed E-state index contributed by atoms with van der Waals surface area (Å²) < 4.78 is 18.2. The maximum absolute atomic E-state index is 12.8. The van der Waals surface area contributed by atoms with E-state index in [0.29, 0.717) is 5.57 Å². The molecular weight excluding hydrogens is 441 g/mol. The highest BCUT2D eigenvalue weighted by molar-refractivity contribution is 6.67. The zero-order chi connectivity index (χ0) is 21.6. The molecule has 3 atom stereocenters. The van der Waals surface area contributed by atoms with E-state index in [0.717, 1.165) is 18.9 Å². The smallest absolute Gasteiger partial charge is 0.354 e. The number of β-lactam (4-membered cyclic amide) rings is 1. The first-order valence-electron chi connectivity index (χ1n) is 7.94. The lowest BCUT2D eigenvalue weighted by Gasteiger charge is -2.48. The zero-order valence-electron chi connectivity index (χ0n) is 15.6. The van der Waals surface area contributed by atoms with Gasteiger partial charge >= 0.3 is 11.9 Å². The monoisotopic (exact) mass is 459 g/mol. The van der Waals surface area contributed by atoms with E-state index in [2.05, 4.69) is 4.74 Å². The highest BCUT2D eigenvalue weighted by Gasteiger charge is 2.57. The Hall–Kier alpha value is -1.55. The molecule has 0 spiro atoms. The number of methoxy groups -OCH3 is 1. The molecule has 0 saturated carbocycles. The number of carbonyl (C=O) groups is 4. The molecule has 158 valence electrons. The molecule has 1 saturated heterocycles. The molecule has 0 radical (unpaired) electrons. The summed E-state index contributed by atoms with van der Waals surface area (Å²) in [5.74, 6) is -3.21. The van der Waals surface area contributed by atoms with Gasteiger partial charge in [0, 0.05) is 6.92 Å². The Bertz CT molecular complexity index is 657. The molecule has 1 fully saturated rings. The Morgan fingerprint density at radius 1 is 1.25 bits per heavy atom. The van der Waals surface area contributed by atoms with Gasteiger partial charge in [0.2, 0.25) is 9.70 Å². The summed E-state index contributed by atoms with van der Waals surface area (Å²) in [5.41, 5.74) is 0.380. The molecule has 0 bridgehead atoms. The fourth-order valence-corrected chi connectivity index (χ4v) is 2.78. The van der Waals surface area contributed by atoms with Crippen LogP contribution >= 0.6 is 34.8 Å². The molecule has 0 aromatic carbocycles. The van der Waals surface area contributed by atoms with Crippen molar-refractivity contribution < 1.29 is 38.1 Å². The van der Waals surface area contributed by atoms with Gasteiger partial charge in [-0.25, -0.2) is 4.79 Å². The highest BCUT2D eigenvalue weighted by atomic mass is 35.6. The minimum Gasteiger partial charge on any atom is -0.465 e. The van der Waals surface area contributed by atoms with Crippen LogP contribution in [0.2, 0.25) is 0 Å². The summed E-state index contributed by atoms with van der Waals surface area (Å²) in [6, 6.07) is 0. The van der Waals surface area contributed by atoms with E-state index in [1.54, 1.807) is 13.8 Å². The van der Waals surface area contributed by atoms with Crippen molar-refractivity contribution in [2.24, 2.45) is 5.92 Å². The van der Waals surface area contributed by atoms with Gasteiger partial charge in [0.15, 0.2) is 6.23 Å². The fraction of sp³-hybridized carbons (Fsp3) is 0.625. The van der Waals surface area contributed by atoms with Gasteiger partial charge in [0.05, 0.1) is 13.7 Å². The van der Waals surface area contributed by atoms with Gasteiger partial charge in [0.25, 0.3) is 6.47 Å². The van der Waals surface area contributed by atoms with E-state index in [1.165, 1.54) is 0 Å². The van der Waals surface area contributed by atoms with Crippen molar-refractivity contribution in [2.75, 3.05) is 20.3 Å². The second-order valence-electron chi connectivity index (χ2n) is 5.97. The third kappa shape index (κ3) is 6.23. The molecule has 1 amide bonds. The number of ether oxygens (including phenoxy) is 4. The van der Waals surface area contributed by atoms with Crippen LogP contribution in [0.4, 0.5) is 0 Å². The normalized spacial score (nSPS) is 20.0. The van der Waals surface area contributed by atoms with Gasteiger partial charge in [0.1, 0.15) is 24.3 Å². The lowest BCUT2D eigenvalue weighted by atomic mass is 9.88. The summed E-state index contributed by atoms with van der Waals surface area (Å²) in [4.78, 5) is 48.0. The molecule has 0 aromatic rings. The number of carbonyl (C=O) groups excluding carboxylic acids is 4. The van der Waals surface area contributed by atoms with Gasteiger partial charge in [-0.05, 0) is 19.4 Å². The summed E-state index contributed by atoms with van der Waals surface area (Å²) in [6.07, 6.45) is -2.30. The number of hydrogen-bond donors (Lipinski definition) is 0. The zero-order valence-corrected chi connectivity index (χ0v) is 17.8. The maximum atomic E-state index is 12.8. The highest BCUT2D eigenvalue weighted by Crippen LogP contribution is 2.38. The summed E-state index contributed by atoms with van der Waals surface area (Å²) in [6.45, 7) is 3.68. The number of halogens is 3. The maximum Gasteiger partial charge on any atom is 0.354 e. The van der Waals surface area contributed by atoms with Crippen LogP contribution in [0.5, 0.6) is 0 Å². The largest absolute Gasteiger partial charge is 0.465 e. The van der Waals surface area contributed by atoms with E-state index in [4.69, 9.17) is 49.0 Å². The van der Waals surface area contributed by atoms with Crippen LogP contribution < -0.4 is 0 Å². The van der Waals surface area contributed by atoms with Crippen LogP contribution in [0.25, 0.3) is 0 Å². The van der Waals surface area contributed by atoms with Gasteiger partial charge in [-0.15, -0.1) is 0 Å². The average Bonchev–Trinajstić information content (AvgIpc) is 2.58. The van der Waals surface area contributed by atoms with Crippen LogP contribution in [0.3, 0.4) is 0 Å². The summed E-state index contributed by atoms with van der Waals surface area (Å²) in [7, 11) is 1.15. The molecule has 12 heteroatoms. The number of amides is 1. The Kier molecular flexibility index (Phi) is 9.00. The topological polar surface area (TPSA) is 108 Å². The minimum atomic E-state index is -1.79. The summed E-state index contributed by atoms with van der Waals surface area (Å²) >= 11 is 17.0. The van der Waals surface area contributed by atoms with E-state index in [-0.39, 0.29) is 18.8 Å². The van der Waals surface area contributed by atoms with Gasteiger partial charge in [-0.2, -0.15) is 0 Å². The predicted molar refractivity (Wildman–Crippen MR) is 98.3 cm³/mol. The number of nitrogens with zero attached hydrogens (tertiary/aromatic N) is 1. The molecule has 9 nitrogen and oxygen atoms in total. The Balaban J connectivity index is 3.22.